The summed E-state index contributed by atoms with van der Waals surface area (Å²) in [6.07, 6.45) is 0.665. The minimum absolute atomic E-state index is 0.266. The SMILES string of the molecule is CC(=O)CCSc1cc(C)ccc1C. The Morgan fingerprint density at radius 1 is 1.36 bits per heavy atom. The predicted octanol–water partition coefficient (Wildman–Crippen LogP) is 3.37. The summed E-state index contributed by atoms with van der Waals surface area (Å²) in [5.41, 5.74) is 2.57. The van der Waals surface area contributed by atoms with E-state index in [4.69, 9.17) is 0 Å². The number of thioether (sulfide) groups is 1. The number of rotatable bonds is 4. The van der Waals surface area contributed by atoms with Gasteiger partial charge in [-0.3, -0.25) is 4.79 Å². The van der Waals surface area contributed by atoms with Crippen LogP contribution in [0.5, 0.6) is 0 Å². The van der Waals surface area contributed by atoms with Gasteiger partial charge in [-0.15, -0.1) is 11.8 Å². The van der Waals surface area contributed by atoms with Crippen LogP contribution in [-0.4, -0.2) is 11.5 Å². The van der Waals surface area contributed by atoms with Gasteiger partial charge in [0.1, 0.15) is 5.78 Å². The quantitative estimate of drug-likeness (QED) is 0.706. The zero-order valence-electron chi connectivity index (χ0n) is 8.96. The first-order chi connectivity index (χ1) is 6.59. The van der Waals surface area contributed by atoms with Crippen molar-refractivity contribution in [2.24, 2.45) is 0 Å². The Hall–Kier alpha value is -0.760. The summed E-state index contributed by atoms with van der Waals surface area (Å²) in [6, 6.07) is 6.43. The molecule has 0 fully saturated rings. The minimum Gasteiger partial charge on any atom is -0.300 e. The van der Waals surface area contributed by atoms with E-state index in [1.54, 1.807) is 18.7 Å². The maximum absolute atomic E-state index is 10.8. The van der Waals surface area contributed by atoms with E-state index in [0.29, 0.717) is 6.42 Å². The van der Waals surface area contributed by atoms with Gasteiger partial charge in [-0.05, 0) is 32.4 Å². The molecule has 0 saturated carbocycles. The third-order valence-electron chi connectivity index (χ3n) is 2.06. The molecule has 0 bridgehead atoms. The summed E-state index contributed by atoms with van der Waals surface area (Å²) >= 11 is 1.77. The molecule has 0 amide bonds. The zero-order chi connectivity index (χ0) is 10.6. The average molecular weight is 208 g/mol. The number of carbonyl (C=O) groups excluding carboxylic acids is 1. The van der Waals surface area contributed by atoms with Crippen molar-refractivity contribution in [3.8, 4) is 0 Å². The number of aryl methyl sites for hydroxylation is 2. The van der Waals surface area contributed by atoms with E-state index >= 15 is 0 Å². The predicted molar refractivity (Wildman–Crippen MR) is 61.9 cm³/mol. The molecular weight excluding hydrogens is 192 g/mol. The fourth-order valence-electron chi connectivity index (χ4n) is 1.17. The van der Waals surface area contributed by atoms with Crippen molar-refractivity contribution in [2.45, 2.75) is 32.1 Å². The standard InChI is InChI=1S/C12H16OS/c1-9-4-5-10(2)12(8-9)14-7-6-11(3)13/h4-5,8H,6-7H2,1-3H3. The number of carbonyl (C=O) groups is 1. The Labute approximate surface area is 89.9 Å². The molecule has 0 spiro atoms. The van der Waals surface area contributed by atoms with Crippen molar-refractivity contribution in [2.75, 3.05) is 5.75 Å². The van der Waals surface area contributed by atoms with Crippen LogP contribution in [0, 0.1) is 13.8 Å². The van der Waals surface area contributed by atoms with Gasteiger partial charge in [-0.1, -0.05) is 17.7 Å². The first-order valence-electron chi connectivity index (χ1n) is 4.79. The van der Waals surface area contributed by atoms with Crippen LogP contribution < -0.4 is 0 Å². The molecule has 0 unspecified atom stereocenters. The van der Waals surface area contributed by atoms with E-state index in [1.807, 2.05) is 0 Å². The lowest BCUT2D eigenvalue weighted by Gasteiger charge is -2.05. The summed E-state index contributed by atoms with van der Waals surface area (Å²) in [4.78, 5) is 12.1. The van der Waals surface area contributed by atoms with Gasteiger partial charge in [0.15, 0.2) is 0 Å². The van der Waals surface area contributed by atoms with Gasteiger partial charge < -0.3 is 0 Å². The molecule has 1 nitrogen and oxygen atoms in total. The molecule has 1 aromatic carbocycles. The van der Waals surface area contributed by atoms with E-state index in [-0.39, 0.29) is 5.78 Å². The smallest absolute Gasteiger partial charge is 0.130 e. The van der Waals surface area contributed by atoms with E-state index in [1.165, 1.54) is 16.0 Å². The zero-order valence-corrected chi connectivity index (χ0v) is 9.78. The Morgan fingerprint density at radius 3 is 2.71 bits per heavy atom. The van der Waals surface area contributed by atoms with Crippen molar-refractivity contribution in [1.82, 2.24) is 0 Å². The van der Waals surface area contributed by atoms with Crippen molar-refractivity contribution in [3.63, 3.8) is 0 Å². The van der Waals surface area contributed by atoms with Crippen LogP contribution in [0.1, 0.15) is 24.5 Å². The van der Waals surface area contributed by atoms with Crippen LogP contribution in [0.4, 0.5) is 0 Å². The van der Waals surface area contributed by atoms with E-state index in [0.717, 1.165) is 5.75 Å². The number of hydrogen-bond acceptors (Lipinski definition) is 2. The molecule has 1 aromatic rings. The number of ketones is 1. The number of benzene rings is 1. The van der Waals surface area contributed by atoms with E-state index in [2.05, 4.69) is 32.0 Å². The van der Waals surface area contributed by atoms with Gasteiger partial charge in [0, 0.05) is 17.1 Å². The summed E-state index contributed by atoms with van der Waals surface area (Å²) in [5.74, 6) is 1.16. The molecule has 1 rings (SSSR count). The lowest BCUT2D eigenvalue weighted by Crippen LogP contribution is -1.92. The van der Waals surface area contributed by atoms with Crippen molar-refractivity contribution < 1.29 is 4.79 Å². The van der Waals surface area contributed by atoms with E-state index < -0.39 is 0 Å². The van der Waals surface area contributed by atoms with Crippen LogP contribution in [0.2, 0.25) is 0 Å². The fourth-order valence-corrected chi connectivity index (χ4v) is 2.34. The Balaban J connectivity index is 2.57. The molecule has 0 radical (unpaired) electrons. The van der Waals surface area contributed by atoms with Crippen LogP contribution in [0.3, 0.4) is 0 Å². The molecule has 0 saturated heterocycles. The highest BCUT2D eigenvalue weighted by Gasteiger charge is 2.00. The van der Waals surface area contributed by atoms with Crippen LogP contribution in [0.15, 0.2) is 23.1 Å². The highest BCUT2D eigenvalue weighted by molar-refractivity contribution is 7.99. The van der Waals surface area contributed by atoms with Gasteiger partial charge >= 0.3 is 0 Å². The maximum Gasteiger partial charge on any atom is 0.130 e. The summed E-state index contributed by atoms with van der Waals surface area (Å²) in [7, 11) is 0. The second-order valence-corrected chi connectivity index (χ2v) is 4.71. The Bertz CT molecular complexity index is 331. The third kappa shape index (κ3) is 3.54. The lowest BCUT2D eigenvalue weighted by molar-refractivity contribution is -0.116. The highest BCUT2D eigenvalue weighted by atomic mass is 32.2. The molecule has 76 valence electrons. The van der Waals surface area contributed by atoms with Crippen LogP contribution in [-0.2, 0) is 4.79 Å². The van der Waals surface area contributed by atoms with Crippen LogP contribution >= 0.6 is 11.8 Å². The van der Waals surface area contributed by atoms with Gasteiger partial charge in [0.05, 0.1) is 0 Å². The minimum atomic E-state index is 0.266. The maximum atomic E-state index is 10.8. The third-order valence-corrected chi connectivity index (χ3v) is 3.21. The Kier molecular flexibility index (Phi) is 4.21. The number of hydrogen-bond donors (Lipinski definition) is 0. The molecular formula is C12H16OS. The average Bonchev–Trinajstić information content (AvgIpc) is 2.10. The van der Waals surface area contributed by atoms with E-state index in [9.17, 15) is 4.79 Å². The van der Waals surface area contributed by atoms with Gasteiger partial charge in [0.25, 0.3) is 0 Å². The highest BCUT2D eigenvalue weighted by Crippen LogP contribution is 2.23. The summed E-state index contributed by atoms with van der Waals surface area (Å²) in [5, 5.41) is 0. The molecule has 0 heterocycles. The summed E-state index contributed by atoms with van der Waals surface area (Å²) in [6.45, 7) is 5.84. The van der Waals surface area contributed by atoms with Gasteiger partial charge in [0.2, 0.25) is 0 Å². The monoisotopic (exact) mass is 208 g/mol. The molecule has 2 heteroatoms. The van der Waals surface area contributed by atoms with Crippen LogP contribution in [0.25, 0.3) is 0 Å². The second kappa shape index (κ2) is 5.20. The summed E-state index contributed by atoms with van der Waals surface area (Å²) < 4.78 is 0. The molecule has 14 heavy (non-hydrogen) atoms. The lowest BCUT2D eigenvalue weighted by atomic mass is 10.2. The van der Waals surface area contributed by atoms with Gasteiger partial charge in [-0.25, -0.2) is 0 Å². The molecule has 0 aliphatic carbocycles. The normalized spacial score (nSPS) is 10.2. The molecule has 0 aliphatic rings. The van der Waals surface area contributed by atoms with Crippen molar-refractivity contribution in [1.29, 1.82) is 0 Å². The molecule has 0 aliphatic heterocycles. The second-order valence-electron chi connectivity index (χ2n) is 3.57. The first-order valence-corrected chi connectivity index (χ1v) is 5.77. The largest absolute Gasteiger partial charge is 0.300 e. The first kappa shape index (κ1) is 11.3. The number of Topliss-reactive ketones (excluding diaryl/α,β-unsaturated/α-hetero) is 1. The Morgan fingerprint density at radius 2 is 2.07 bits per heavy atom. The van der Waals surface area contributed by atoms with Crippen molar-refractivity contribution >= 4 is 17.5 Å². The fraction of sp³-hybridized carbons (Fsp3) is 0.417. The van der Waals surface area contributed by atoms with Crippen molar-refractivity contribution in [3.05, 3.63) is 29.3 Å². The molecule has 0 N–H and O–H groups in total. The molecule has 0 aromatic heterocycles. The van der Waals surface area contributed by atoms with Gasteiger partial charge in [-0.2, -0.15) is 0 Å². The molecule has 0 atom stereocenters. The topological polar surface area (TPSA) is 17.1 Å².